The van der Waals surface area contributed by atoms with E-state index in [1.54, 1.807) is 12.1 Å². The van der Waals surface area contributed by atoms with Gasteiger partial charge in [0.1, 0.15) is 12.4 Å². The number of anilines is 2. The van der Waals surface area contributed by atoms with Gasteiger partial charge in [-0.15, -0.1) is 0 Å². The number of aromatic nitrogens is 1. The molecule has 0 saturated heterocycles. The highest BCUT2D eigenvalue weighted by atomic mass is 32.2. The van der Waals surface area contributed by atoms with Crippen molar-refractivity contribution in [1.82, 2.24) is 10.3 Å². The first-order valence-electron chi connectivity index (χ1n) is 10.2. The number of para-hydroxylation sites is 1. The van der Waals surface area contributed by atoms with Crippen LogP contribution in [0, 0.1) is 0 Å². The molecule has 0 fully saturated rings. The Kier molecular flexibility index (Phi) is 6.22. The van der Waals surface area contributed by atoms with Crippen molar-refractivity contribution in [2.24, 2.45) is 0 Å². The van der Waals surface area contributed by atoms with Gasteiger partial charge < -0.3 is 25.9 Å². The van der Waals surface area contributed by atoms with Gasteiger partial charge in [-0.3, -0.25) is 4.72 Å². The van der Waals surface area contributed by atoms with Crippen LogP contribution in [0.25, 0.3) is 21.8 Å². The predicted octanol–water partition coefficient (Wildman–Crippen LogP) is 2.98. The highest BCUT2D eigenvalue weighted by Crippen LogP contribution is 2.28. The average Bonchev–Trinajstić information content (AvgIpc) is 3.11. The molecule has 4 aromatic rings. The molecule has 1 aromatic heterocycles. The first kappa shape index (κ1) is 21.9. The summed E-state index contributed by atoms with van der Waals surface area (Å²) >= 11 is 0. The number of hydrogen-bond donors (Lipinski definition) is 5. The molecule has 6 N–H and O–H groups in total. The van der Waals surface area contributed by atoms with E-state index in [4.69, 9.17) is 10.5 Å². The van der Waals surface area contributed by atoms with Gasteiger partial charge in [0, 0.05) is 35.4 Å². The Bertz CT molecular complexity index is 1350. The summed E-state index contributed by atoms with van der Waals surface area (Å²) in [5, 5.41) is 15.9. The Balaban J connectivity index is 1.29. The molecule has 0 aliphatic heterocycles. The van der Waals surface area contributed by atoms with Gasteiger partial charge in [-0.05, 0) is 35.9 Å². The molecule has 4 rings (SSSR count). The molecule has 32 heavy (non-hydrogen) atoms. The van der Waals surface area contributed by atoms with Crippen molar-refractivity contribution in [1.29, 1.82) is 0 Å². The Hall–Kier alpha value is -3.27. The number of nitrogens with two attached hydrogens (primary N) is 1. The number of benzene rings is 3. The van der Waals surface area contributed by atoms with Crippen LogP contribution in [0.4, 0.5) is 11.4 Å². The third-order valence-corrected chi connectivity index (χ3v) is 5.71. The lowest BCUT2D eigenvalue weighted by Gasteiger charge is -2.15. The molecule has 1 heterocycles. The summed E-state index contributed by atoms with van der Waals surface area (Å²) in [6, 6.07) is 18.9. The van der Waals surface area contributed by atoms with E-state index >= 15 is 0 Å². The number of H-pyrrole nitrogens is 1. The molecule has 0 amide bonds. The summed E-state index contributed by atoms with van der Waals surface area (Å²) in [5.41, 5.74) is 9.02. The minimum absolute atomic E-state index is 0.250. The lowest BCUT2D eigenvalue weighted by atomic mass is 10.1. The highest BCUT2D eigenvalue weighted by molar-refractivity contribution is 7.92. The lowest BCUT2D eigenvalue weighted by Crippen LogP contribution is -2.26. The molecule has 0 radical (unpaired) electrons. The Labute approximate surface area is 186 Å². The van der Waals surface area contributed by atoms with Crippen molar-refractivity contribution in [2.45, 2.75) is 6.10 Å². The summed E-state index contributed by atoms with van der Waals surface area (Å²) in [4.78, 5) is 3.40. The van der Waals surface area contributed by atoms with Crippen molar-refractivity contribution >= 4 is 43.2 Å². The zero-order valence-electron chi connectivity index (χ0n) is 17.6. The van der Waals surface area contributed by atoms with Gasteiger partial charge in [0.05, 0.1) is 29.3 Å². The van der Waals surface area contributed by atoms with Crippen molar-refractivity contribution in [3.63, 3.8) is 0 Å². The Morgan fingerprint density at radius 2 is 1.84 bits per heavy atom. The summed E-state index contributed by atoms with van der Waals surface area (Å²) in [5.74, 6) is 0.765. The van der Waals surface area contributed by atoms with Gasteiger partial charge in [-0.1, -0.05) is 24.3 Å². The molecular formula is C23H26N4O4S. The normalized spacial score (nSPS) is 12.8. The van der Waals surface area contributed by atoms with Crippen molar-refractivity contribution in [3.8, 4) is 5.75 Å². The number of sulfonamides is 1. The molecule has 8 nitrogen and oxygen atoms in total. The van der Waals surface area contributed by atoms with Crippen LogP contribution in [0.1, 0.15) is 11.7 Å². The average molecular weight is 455 g/mol. The molecule has 3 aromatic carbocycles. The van der Waals surface area contributed by atoms with Gasteiger partial charge >= 0.3 is 0 Å². The van der Waals surface area contributed by atoms with Crippen LogP contribution in [0.5, 0.6) is 5.75 Å². The van der Waals surface area contributed by atoms with Crippen molar-refractivity contribution < 1.29 is 18.3 Å². The standard InChI is InChI=1S/C23H26N4O4S/c1-32(29,30)27-22-12-15(6-9-19(22)24)23(28)14-25-10-11-31-16-7-8-18-17-4-2-3-5-20(17)26-21(18)13-16/h2-9,12-13,23,25-28H,10-11,14,24H2,1H3. The van der Waals surface area contributed by atoms with E-state index < -0.39 is 16.1 Å². The fourth-order valence-electron chi connectivity index (χ4n) is 3.59. The minimum atomic E-state index is -3.46. The third kappa shape index (κ3) is 5.13. The van der Waals surface area contributed by atoms with Gasteiger partial charge in [0.15, 0.2) is 0 Å². The molecule has 0 bridgehead atoms. The number of nitrogens with one attached hydrogen (secondary N) is 3. The van der Waals surface area contributed by atoms with Crippen LogP contribution in [0.3, 0.4) is 0 Å². The summed E-state index contributed by atoms with van der Waals surface area (Å²) in [6.07, 6.45) is 0.228. The van der Waals surface area contributed by atoms with Gasteiger partial charge in [-0.2, -0.15) is 0 Å². The highest BCUT2D eigenvalue weighted by Gasteiger charge is 2.12. The first-order valence-corrected chi connectivity index (χ1v) is 12.1. The number of hydrogen-bond acceptors (Lipinski definition) is 6. The van der Waals surface area contributed by atoms with Crippen LogP contribution in [0.15, 0.2) is 60.7 Å². The number of aliphatic hydroxyl groups is 1. The second-order valence-corrected chi connectivity index (χ2v) is 9.42. The van der Waals surface area contributed by atoms with Crippen LogP contribution >= 0.6 is 0 Å². The molecule has 1 unspecified atom stereocenters. The number of nitrogen functional groups attached to an aromatic ring is 1. The monoisotopic (exact) mass is 454 g/mol. The van der Waals surface area contributed by atoms with Crippen LogP contribution in [-0.2, 0) is 10.0 Å². The zero-order valence-corrected chi connectivity index (χ0v) is 18.4. The van der Waals surface area contributed by atoms with E-state index in [0.29, 0.717) is 24.4 Å². The van der Waals surface area contributed by atoms with Crippen LogP contribution in [0.2, 0.25) is 0 Å². The number of aromatic amines is 1. The van der Waals surface area contributed by atoms with E-state index in [0.717, 1.165) is 28.4 Å². The fourth-order valence-corrected chi connectivity index (χ4v) is 4.17. The molecule has 1 atom stereocenters. The van der Waals surface area contributed by atoms with Gasteiger partial charge in [-0.25, -0.2) is 8.42 Å². The number of rotatable bonds is 9. The van der Waals surface area contributed by atoms with Crippen LogP contribution < -0.4 is 20.5 Å². The maximum atomic E-state index is 11.5. The largest absolute Gasteiger partial charge is 0.492 e. The molecule has 168 valence electrons. The predicted molar refractivity (Wildman–Crippen MR) is 128 cm³/mol. The Morgan fingerprint density at radius 1 is 1.06 bits per heavy atom. The number of aliphatic hydroxyl groups excluding tert-OH is 1. The zero-order chi connectivity index (χ0) is 22.7. The minimum Gasteiger partial charge on any atom is -0.492 e. The summed E-state index contributed by atoms with van der Waals surface area (Å²) in [7, 11) is -3.46. The quantitative estimate of drug-likeness (QED) is 0.195. The summed E-state index contributed by atoms with van der Waals surface area (Å²) in [6.45, 7) is 1.25. The van der Waals surface area contributed by atoms with Crippen LogP contribution in [-0.4, -0.2) is 44.5 Å². The van der Waals surface area contributed by atoms with Crippen molar-refractivity contribution in [3.05, 3.63) is 66.2 Å². The smallest absolute Gasteiger partial charge is 0.229 e. The fraction of sp³-hybridized carbons (Fsp3) is 0.217. The second-order valence-electron chi connectivity index (χ2n) is 7.67. The van der Waals surface area contributed by atoms with Crippen molar-refractivity contribution in [2.75, 3.05) is 36.4 Å². The third-order valence-electron chi connectivity index (χ3n) is 5.12. The lowest BCUT2D eigenvalue weighted by molar-refractivity contribution is 0.172. The molecule has 0 aliphatic carbocycles. The Morgan fingerprint density at radius 3 is 2.66 bits per heavy atom. The topological polar surface area (TPSA) is 129 Å². The second kappa shape index (κ2) is 9.07. The van der Waals surface area contributed by atoms with E-state index in [9.17, 15) is 13.5 Å². The molecule has 0 aliphatic rings. The van der Waals surface area contributed by atoms with Gasteiger partial charge in [0.2, 0.25) is 10.0 Å². The first-order chi connectivity index (χ1) is 15.3. The van der Waals surface area contributed by atoms with E-state index in [-0.39, 0.29) is 12.2 Å². The molecule has 0 saturated carbocycles. The van der Waals surface area contributed by atoms with E-state index in [1.165, 1.54) is 11.5 Å². The van der Waals surface area contributed by atoms with Gasteiger partial charge in [0.25, 0.3) is 0 Å². The van der Waals surface area contributed by atoms with E-state index in [1.807, 2.05) is 36.4 Å². The maximum Gasteiger partial charge on any atom is 0.229 e. The SMILES string of the molecule is CS(=O)(=O)Nc1cc(C(O)CNCCOc2ccc3c(c2)[nH]c2ccccc23)ccc1N. The number of fused-ring (bicyclic) bond motifs is 3. The van der Waals surface area contributed by atoms with E-state index in [2.05, 4.69) is 21.1 Å². The molecular weight excluding hydrogens is 428 g/mol. The summed E-state index contributed by atoms with van der Waals surface area (Å²) < 4.78 is 31.1. The molecule has 0 spiro atoms. The maximum absolute atomic E-state index is 11.5. The molecule has 9 heteroatoms. The number of ether oxygens (including phenoxy) is 1.